The molecule has 4 nitrogen and oxygen atoms in total. The molecule has 0 aliphatic heterocycles. The van der Waals surface area contributed by atoms with Gasteiger partial charge in [0.1, 0.15) is 11.9 Å². The first kappa shape index (κ1) is 11.4. The standard InChI is InChI=1S/C12H12FN3O/c13-9-3-5-10(6-4-9)15-12(17)16-11(7-14)8-1-2-8/h3-6,8,11H,1-2H2,(H2,15,16,17). The molecule has 1 aliphatic rings. The molecular formula is C12H12FN3O. The highest BCUT2D eigenvalue weighted by Crippen LogP contribution is 2.32. The minimum Gasteiger partial charge on any atom is -0.322 e. The number of urea groups is 1. The third kappa shape index (κ3) is 3.18. The molecule has 1 aromatic rings. The van der Waals surface area contributed by atoms with Crippen LogP contribution in [0.25, 0.3) is 0 Å². The summed E-state index contributed by atoms with van der Waals surface area (Å²) < 4.78 is 12.6. The number of anilines is 1. The van der Waals surface area contributed by atoms with E-state index in [-0.39, 0.29) is 11.7 Å². The van der Waals surface area contributed by atoms with Crippen molar-refractivity contribution in [3.63, 3.8) is 0 Å². The Bertz CT molecular complexity index is 448. The summed E-state index contributed by atoms with van der Waals surface area (Å²) in [7, 11) is 0. The number of halogens is 1. The molecule has 1 fully saturated rings. The average Bonchev–Trinajstić information content (AvgIpc) is 3.13. The number of rotatable bonds is 3. The summed E-state index contributed by atoms with van der Waals surface area (Å²) >= 11 is 0. The molecule has 0 spiro atoms. The van der Waals surface area contributed by atoms with E-state index in [1.165, 1.54) is 24.3 Å². The second-order valence-corrected chi connectivity index (χ2v) is 4.05. The topological polar surface area (TPSA) is 64.9 Å². The fourth-order valence-electron chi connectivity index (χ4n) is 1.53. The lowest BCUT2D eigenvalue weighted by molar-refractivity contribution is 0.249. The van der Waals surface area contributed by atoms with Crippen molar-refractivity contribution < 1.29 is 9.18 Å². The van der Waals surface area contributed by atoms with Gasteiger partial charge in [-0.1, -0.05) is 0 Å². The molecule has 1 atom stereocenters. The zero-order valence-corrected chi connectivity index (χ0v) is 9.11. The van der Waals surface area contributed by atoms with Crippen molar-refractivity contribution in [1.82, 2.24) is 5.32 Å². The highest BCUT2D eigenvalue weighted by atomic mass is 19.1. The average molecular weight is 233 g/mol. The van der Waals surface area contributed by atoms with E-state index in [4.69, 9.17) is 5.26 Å². The summed E-state index contributed by atoms with van der Waals surface area (Å²) in [4.78, 5) is 11.5. The summed E-state index contributed by atoms with van der Waals surface area (Å²) in [5.41, 5.74) is 0.497. The normalized spacial score (nSPS) is 15.8. The first-order valence-electron chi connectivity index (χ1n) is 5.42. The smallest absolute Gasteiger partial charge is 0.320 e. The summed E-state index contributed by atoms with van der Waals surface area (Å²) in [6.07, 6.45) is 1.96. The van der Waals surface area contributed by atoms with Gasteiger partial charge in [0.2, 0.25) is 0 Å². The van der Waals surface area contributed by atoms with Crippen LogP contribution in [0.15, 0.2) is 24.3 Å². The number of hydrogen-bond acceptors (Lipinski definition) is 2. The predicted octanol–water partition coefficient (Wildman–Crippen LogP) is 2.25. The number of amides is 2. The fourth-order valence-corrected chi connectivity index (χ4v) is 1.53. The molecular weight excluding hydrogens is 221 g/mol. The largest absolute Gasteiger partial charge is 0.322 e. The SMILES string of the molecule is N#CC(NC(=O)Nc1ccc(F)cc1)C1CC1. The highest BCUT2D eigenvalue weighted by Gasteiger charge is 2.32. The number of nitriles is 1. The van der Waals surface area contributed by atoms with Crippen LogP contribution in [0.2, 0.25) is 0 Å². The number of nitrogens with one attached hydrogen (secondary N) is 2. The second-order valence-electron chi connectivity index (χ2n) is 4.05. The molecule has 17 heavy (non-hydrogen) atoms. The lowest BCUT2D eigenvalue weighted by atomic mass is 10.2. The Hall–Kier alpha value is -2.09. The van der Waals surface area contributed by atoms with E-state index in [1.807, 2.05) is 0 Å². The number of carbonyl (C=O) groups excluding carboxylic acids is 1. The Labute approximate surface area is 98.4 Å². The van der Waals surface area contributed by atoms with Gasteiger partial charge in [0.25, 0.3) is 0 Å². The van der Waals surface area contributed by atoms with Crippen molar-refractivity contribution in [3.05, 3.63) is 30.1 Å². The van der Waals surface area contributed by atoms with Gasteiger partial charge in [-0.25, -0.2) is 9.18 Å². The molecule has 2 N–H and O–H groups in total. The van der Waals surface area contributed by atoms with E-state index in [9.17, 15) is 9.18 Å². The Morgan fingerprint density at radius 2 is 2.06 bits per heavy atom. The first-order valence-corrected chi connectivity index (χ1v) is 5.42. The monoisotopic (exact) mass is 233 g/mol. The Morgan fingerprint density at radius 1 is 1.41 bits per heavy atom. The molecule has 0 radical (unpaired) electrons. The van der Waals surface area contributed by atoms with Gasteiger partial charge in [-0.3, -0.25) is 0 Å². The van der Waals surface area contributed by atoms with Crippen molar-refractivity contribution in [1.29, 1.82) is 5.26 Å². The Kier molecular flexibility index (Phi) is 3.24. The van der Waals surface area contributed by atoms with E-state index < -0.39 is 12.1 Å². The van der Waals surface area contributed by atoms with Crippen molar-refractivity contribution in [2.75, 3.05) is 5.32 Å². The van der Waals surface area contributed by atoms with Crippen LogP contribution in [-0.4, -0.2) is 12.1 Å². The van der Waals surface area contributed by atoms with E-state index in [1.54, 1.807) is 0 Å². The number of carbonyl (C=O) groups is 1. The van der Waals surface area contributed by atoms with Crippen LogP contribution in [0.3, 0.4) is 0 Å². The van der Waals surface area contributed by atoms with Crippen molar-refractivity contribution in [3.8, 4) is 6.07 Å². The van der Waals surface area contributed by atoms with Gasteiger partial charge in [-0.05, 0) is 43.0 Å². The lowest BCUT2D eigenvalue weighted by Crippen LogP contribution is -2.38. The second kappa shape index (κ2) is 4.83. The molecule has 2 amide bonds. The number of nitrogens with zero attached hydrogens (tertiary/aromatic N) is 1. The number of benzene rings is 1. The molecule has 2 rings (SSSR count). The molecule has 5 heteroatoms. The minimum absolute atomic E-state index is 0.277. The van der Waals surface area contributed by atoms with Crippen LogP contribution in [0.4, 0.5) is 14.9 Å². The highest BCUT2D eigenvalue weighted by molar-refractivity contribution is 5.89. The number of hydrogen-bond donors (Lipinski definition) is 2. The minimum atomic E-state index is -0.435. The van der Waals surface area contributed by atoms with Gasteiger partial charge in [0.05, 0.1) is 6.07 Å². The molecule has 0 saturated heterocycles. The molecule has 0 aromatic heterocycles. The van der Waals surface area contributed by atoms with Crippen LogP contribution in [0, 0.1) is 23.1 Å². The van der Waals surface area contributed by atoms with Crippen LogP contribution in [0.5, 0.6) is 0 Å². The third-order valence-corrected chi connectivity index (χ3v) is 2.62. The maximum absolute atomic E-state index is 12.6. The molecule has 0 bridgehead atoms. The van der Waals surface area contributed by atoms with Gasteiger partial charge in [-0.2, -0.15) is 5.26 Å². The molecule has 1 unspecified atom stereocenters. The van der Waals surface area contributed by atoms with Gasteiger partial charge in [0.15, 0.2) is 0 Å². The summed E-state index contributed by atoms with van der Waals surface area (Å²) in [6.45, 7) is 0. The van der Waals surface area contributed by atoms with Crippen molar-refractivity contribution in [2.45, 2.75) is 18.9 Å². The van der Waals surface area contributed by atoms with Crippen LogP contribution in [0.1, 0.15) is 12.8 Å². The van der Waals surface area contributed by atoms with E-state index >= 15 is 0 Å². The van der Waals surface area contributed by atoms with Gasteiger partial charge < -0.3 is 10.6 Å². The molecule has 1 aliphatic carbocycles. The van der Waals surface area contributed by atoms with Crippen molar-refractivity contribution in [2.24, 2.45) is 5.92 Å². The molecule has 0 heterocycles. The fraction of sp³-hybridized carbons (Fsp3) is 0.333. The Balaban J connectivity index is 1.88. The molecule has 88 valence electrons. The van der Waals surface area contributed by atoms with Crippen LogP contribution < -0.4 is 10.6 Å². The van der Waals surface area contributed by atoms with Gasteiger partial charge in [-0.15, -0.1) is 0 Å². The Morgan fingerprint density at radius 3 is 2.59 bits per heavy atom. The van der Waals surface area contributed by atoms with Gasteiger partial charge in [0, 0.05) is 5.69 Å². The zero-order valence-electron chi connectivity index (χ0n) is 9.11. The van der Waals surface area contributed by atoms with E-state index in [0.29, 0.717) is 5.69 Å². The van der Waals surface area contributed by atoms with Crippen molar-refractivity contribution >= 4 is 11.7 Å². The maximum Gasteiger partial charge on any atom is 0.320 e. The van der Waals surface area contributed by atoms with Crippen LogP contribution >= 0.6 is 0 Å². The summed E-state index contributed by atoms with van der Waals surface area (Å²) in [5, 5.41) is 14.0. The van der Waals surface area contributed by atoms with Crippen LogP contribution in [-0.2, 0) is 0 Å². The lowest BCUT2D eigenvalue weighted by Gasteiger charge is -2.11. The summed E-state index contributed by atoms with van der Waals surface area (Å²) in [6, 6.07) is 6.64. The zero-order chi connectivity index (χ0) is 12.3. The molecule has 1 saturated carbocycles. The quantitative estimate of drug-likeness (QED) is 0.840. The molecule has 1 aromatic carbocycles. The van der Waals surface area contributed by atoms with Gasteiger partial charge >= 0.3 is 6.03 Å². The summed E-state index contributed by atoms with van der Waals surface area (Å²) in [5.74, 6) is -0.0807. The van der Waals surface area contributed by atoms with E-state index in [0.717, 1.165) is 12.8 Å². The maximum atomic E-state index is 12.6. The van der Waals surface area contributed by atoms with E-state index in [2.05, 4.69) is 16.7 Å². The predicted molar refractivity (Wildman–Crippen MR) is 60.7 cm³/mol. The first-order chi connectivity index (χ1) is 8.19. The third-order valence-electron chi connectivity index (χ3n) is 2.62.